The Morgan fingerprint density at radius 2 is 2.00 bits per heavy atom. The van der Waals surface area contributed by atoms with Crippen molar-refractivity contribution in [2.24, 2.45) is 11.8 Å². The molecule has 1 aliphatic rings. The Bertz CT molecular complexity index is 297. The van der Waals surface area contributed by atoms with Crippen molar-refractivity contribution >= 4 is 0 Å². The van der Waals surface area contributed by atoms with Crippen LogP contribution in [-0.2, 0) is 6.54 Å². The molecular weight excluding hydrogens is 220 g/mol. The second-order valence-electron chi connectivity index (χ2n) is 5.91. The standard InChI is InChI=1S/C16H28N2/c1-2-3-8-16(13-18-12-11-17-14-18)15-9-6-4-5-7-10-15/h11-12,14-16H,2-10,13H2,1H3. The lowest BCUT2D eigenvalue weighted by Crippen LogP contribution is -2.20. The summed E-state index contributed by atoms with van der Waals surface area (Å²) in [4.78, 5) is 4.18. The second-order valence-corrected chi connectivity index (χ2v) is 5.91. The molecule has 1 aromatic rings. The van der Waals surface area contributed by atoms with Crippen molar-refractivity contribution in [3.63, 3.8) is 0 Å². The van der Waals surface area contributed by atoms with E-state index in [4.69, 9.17) is 0 Å². The van der Waals surface area contributed by atoms with Gasteiger partial charge in [0.1, 0.15) is 0 Å². The van der Waals surface area contributed by atoms with Crippen LogP contribution in [0.5, 0.6) is 0 Å². The van der Waals surface area contributed by atoms with Crippen LogP contribution in [0.2, 0.25) is 0 Å². The molecule has 2 heteroatoms. The molecular formula is C16H28N2. The van der Waals surface area contributed by atoms with E-state index >= 15 is 0 Å². The molecule has 0 radical (unpaired) electrons. The zero-order chi connectivity index (χ0) is 12.6. The van der Waals surface area contributed by atoms with Crippen LogP contribution in [0.4, 0.5) is 0 Å². The monoisotopic (exact) mass is 248 g/mol. The summed E-state index contributed by atoms with van der Waals surface area (Å²) in [6.45, 7) is 3.49. The summed E-state index contributed by atoms with van der Waals surface area (Å²) in [6, 6.07) is 0. The van der Waals surface area contributed by atoms with Gasteiger partial charge in [0.25, 0.3) is 0 Å². The van der Waals surface area contributed by atoms with E-state index in [9.17, 15) is 0 Å². The Kier molecular flexibility index (Phi) is 5.76. The van der Waals surface area contributed by atoms with Crippen LogP contribution in [0.25, 0.3) is 0 Å². The van der Waals surface area contributed by atoms with E-state index in [2.05, 4.69) is 22.7 Å². The molecule has 0 saturated heterocycles. The molecule has 18 heavy (non-hydrogen) atoms. The summed E-state index contributed by atoms with van der Waals surface area (Å²) < 4.78 is 2.28. The van der Waals surface area contributed by atoms with Crippen LogP contribution < -0.4 is 0 Å². The first-order valence-corrected chi connectivity index (χ1v) is 7.86. The number of rotatable bonds is 6. The smallest absolute Gasteiger partial charge is 0.0945 e. The van der Waals surface area contributed by atoms with Crippen molar-refractivity contribution in [1.29, 1.82) is 0 Å². The number of nitrogens with zero attached hydrogens (tertiary/aromatic N) is 2. The number of aromatic nitrogens is 2. The van der Waals surface area contributed by atoms with Crippen molar-refractivity contribution in [1.82, 2.24) is 9.55 Å². The lowest BCUT2D eigenvalue weighted by molar-refractivity contribution is 0.245. The van der Waals surface area contributed by atoms with Crippen LogP contribution >= 0.6 is 0 Å². The SMILES string of the molecule is CCCCC(Cn1ccnc1)C1CCCCCC1. The van der Waals surface area contributed by atoms with E-state index in [-0.39, 0.29) is 0 Å². The molecule has 0 bridgehead atoms. The fourth-order valence-corrected chi connectivity index (χ4v) is 3.39. The first-order valence-electron chi connectivity index (χ1n) is 7.86. The van der Waals surface area contributed by atoms with Crippen molar-refractivity contribution in [3.8, 4) is 0 Å². The van der Waals surface area contributed by atoms with E-state index in [1.54, 1.807) is 0 Å². The topological polar surface area (TPSA) is 17.8 Å². The van der Waals surface area contributed by atoms with E-state index in [1.807, 2.05) is 12.5 Å². The summed E-state index contributed by atoms with van der Waals surface area (Å²) in [5.74, 6) is 1.83. The highest BCUT2D eigenvalue weighted by atomic mass is 15.0. The minimum atomic E-state index is 0.872. The lowest BCUT2D eigenvalue weighted by atomic mass is 9.83. The van der Waals surface area contributed by atoms with E-state index in [1.165, 1.54) is 64.3 Å². The maximum absolute atomic E-state index is 4.18. The molecule has 2 nitrogen and oxygen atoms in total. The van der Waals surface area contributed by atoms with Crippen LogP contribution in [0.15, 0.2) is 18.7 Å². The first-order chi connectivity index (χ1) is 8.90. The minimum absolute atomic E-state index is 0.872. The molecule has 2 rings (SSSR count). The zero-order valence-electron chi connectivity index (χ0n) is 11.9. The molecule has 1 aromatic heterocycles. The van der Waals surface area contributed by atoms with Gasteiger partial charge in [-0.2, -0.15) is 0 Å². The van der Waals surface area contributed by atoms with Crippen LogP contribution in [0.1, 0.15) is 64.7 Å². The van der Waals surface area contributed by atoms with Gasteiger partial charge in [0.15, 0.2) is 0 Å². The highest BCUT2D eigenvalue weighted by molar-refractivity contribution is 4.79. The van der Waals surface area contributed by atoms with Gasteiger partial charge < -0.3 is 4.57 Å². The second kappa shape index (κ2) is 7.60. The molecule has 1 fully saturated rings. The lowest BCUT2D eigenvalue weighted by Gasteiger charge is -2.26. The van der Waals surface area contributed by atoms with Gasteiger partial charge in [-0.15, -0.1) is 0 Å². The summed E-state index contributed by atoms with van der Waals surface area (Å²) in [7, 11) is 0. The van der Waals surface area contributed by atoms with Crippen LogP contribution in [0, 0.1) is 11.8 Å². The number of hydrogen-bond acceptors (Lipinski definition) is 1. The van der Waals surface area contributed by atoms with Gasteiger partial charge >= 0.3 is 0 Å². The summed E-state index contributed by atoms with van der Waals surface area (Å²) in [5.41, 5.74) is 0. The predicted octanol–water partition coefficient (Wildman–Crippen LogP) is 4.66. The fourth-order valence-electron chi connectivity index (χ4n) is 3.39. The average Bonchev–Trinajstić information content (AvgIpc) is 2.74. The van der Waals surface area contributed by atoms with E-state index < -0.39 is 0 Å². The van der Waals surface area contributed by atoms with E-state index in [0.29, 0.717) is 0 Å². The van der Waals surface area contributed by atoms with Crippen LogP contribution in [-0.4, -0.2) is 9.55 Å². The number of hydrogen-bond donors (Lipinski definition) is 0. The Labute approximate surface area is 112 Å². The van der Waals surface area contributed by atoms with Gasteiger partial charge in [-0.05, 0) is 18.3 Å². The highest BCUT2D eigenvalue weighted by Gasteiger charge is 2.22. The summed E-state index contributed by atoms with van der Waals surface area (Å²) in [5, 5.41) is 0. The molecule has 1 unspecified atom stereocenters. The summed E-state index contributed by atoms with van der Waals surface area (Å²) in [6.07, 6.45) is 18.9. The average molecular weight is 248 g/mol. The van der Waals surface area contributed by atoms with Crippen molar-refractivity contribution in [2.75, 3.05) is 0 Å². The van der Waals surface area contributed by atoms with Crippen molar-refractivity contribution in [3.05, 3.63) is 18.7 Å². The normalized spacial score (nSPS) is 19.6. The maximum atomic E-state index is 4.18. The largest absolute Gasteiger partial charge is 0.337 e. The van der Waals surface area contributed by atoms with Crippen molar-refractivity contribution in [2.45, 2.75) is 71.3 Å². The quantitative estimate of drug-likeness (QED) is 0.669. The molecule has 0 aromatic carbocycles. The van der Waals surface area contributed by atoms with Gasteiger partial charge in [-0.25, -0.2) is 4.98 Å². The Morgan fingerprint density at radius 3 is 2.61 bits per heavy atom. The molecule has 0 aliphatic heterocycles. The predicted molar refractivity (Wildman–Crippen MR) is 76.4 cm³/mol. The first kappa shape index (κ1) is 13.6. The Morgan fingerprint density at radius 1 is 1.22 bits per heavy atom. The fraction of sp³-hybridized carbons (Fsp3) is 0.812. The Hall–Kier alpha value is -0.790. The minimum Gasteiger partial charge on any atom is -0.337 e. The molecule has 0 amide bonds. The molecule has 1 saturated carbocycles. The van der Waals surface area contributed by atoms with Gasteiger partial charge in [0.05, 0.1) is 6.33 Å². The molecule has 1 aliphatic carbocycles. The zero-order valence-corrected chi connectivity index (χ0v) is 11.9. The van der Waals surface area contributed by atoms with Gasteiger partial charge in [-0.3, -0.25) is 0 Å². The van der Waals surface area contributed by atoms with Gasteiger partial charge in [0, 0.05) is 18.9 Å². The van der Waals surface area contributed by atoms with Crippen molar-refractivity contribution < 1.29 is 0 Å². The molecule has 1 atom stereocenters. The summed E-state index contributed by atoms with van der Waals surface area (Å²) >= 11 is 0. The van der Waals surface area contributed by atoms with E-state index in [0.717, 1.165) is 11.8 Å². The number of unbranched alkanes of at least 4 members (excludes halogenated alkanes) is 1. The van der Waals surface area contributed by atoms with Gasteiger partial charge in [-0.1, -0.05) is 58.3 Å². The third-order valence-corrected chi connectivity index (χ3v) is 4.50. The van der Waals surface area contributed by atoms with Gasteiger partial charge in [0.2, 0.25) is 0 Å². The molecule has 1 heterocycles. The molecule has 0 N–H and O–H groups in total. The molecule has 0 spiro atoms. The maximum Gasteiger partial charge on any atom is 0.0945 e. The third kappa shape index (κ3) is 4.15. The Balaban J connectivity index is 1.93. The highest BCUT2D eigenvalue weighted by Crippen LogP contribution is 2.32. The third-order valence-electron chi connectivity index (χ3n) is 4.50. The van der Waals surface area contributed by atoms with Crippen LogP contribution in [0.3, 0.4) is 0 Å². The number of imidazole rings is 1. The molecule has 102 valence electrons.